The van der Waals surface area contributed by atoms with Gasteiger partial charge in [-0.05, 0) is 26.8 Å². The Labute approximate surface area is 101 Å². The summed E-state index contributed by atoms with van der Waals surface area (Å²) in [7, 11) is 0. The molecular weight excluding hydrogens is 224 g/mol. The fourth-order valence-corrected chi connectivity index (χ4v) is 2.36. The summed E-state index contributed by atoms with van der Waals surface area (Å²) in [5.74, 6) is -0.594. The smallest absolute Gasteiger partial charge is 0.407 e. The van der Waals surface area contributed by atoms with E-state index < -0.39 is 11.9 Å². The van der Waals surface area contributed by atoms with Gasteiger partial charge in [-0.3, -0.25) is 0 Å². The van der Waals surface area contributed by atoms with Crippen molar-refractivity contribution < 1.29 is 19.4 Å². The fourth-order valence-electron chi connectivity index (χ4n) is 2.36. The molecule has 2 heterocycles. The number of hydrogen-bond acceptors (Lipinski definition) is 4. The lowest BCUT2D eigenvalue weighted by Crippen LogP contribution is -2.45. The molecular formula is C11H20N2O4. The molecule has 2 N–H and O–H groups in total. The number of carboxylic acid groups (broad SMARTS) is 1. The summed E-state index contributed by atoms with van der Waals surface area (Å²) >= 11 is 0. The third-order valence-corrected chi connectivity index (χ3v) is 3.19. The standard InChI is InChI=1S/C11H20N2O4/c1-11(2)16-7-9(17-11)6-13(10(14)15)8-3-4-12-5-8/h8-9,12H,3-7H2,1-2H3,(H,14,15). The van der Waals surface area contributed by atoms with Crippen molar-refractivity contribution in [2.75, 3.05) is 26.2 Å². The summed E-state index contributed by atoms with van der Waals surface area (Å²) in [4.78, 5) is 12.7. The second kappa shape index (κ2) is 4.80. The van der Waals surface area contributed by atoms with Crippen molar-refractivity contribution in [1.82, 2.24) is 10.2 Å². The Morgan fingerprint density at radius 1 is 1.59 bits per heavy atom. The van der Waals surface area contributed by atoms with Gasteiger partial charge in [-0.1, -0.05) is 0 Å². The first-order valence-corrected chi connectivity index (χ1v) is 6.00. The highest BCUT2D eigenvalue weighted by Gasteiger charge is 2.36. The monoisotopic (exact) mass is 244 g/mol. The van der Waals surface area contributed by atoms with Gasteiger partial charge in [-0.25, -0.2) is 4.79 Å². The van der Waals surface area contributed by atoms with Gasteiger partial charge in [0.2, 0.25) is 0 Å². The van der Waals surface area contributed by atoms with Gasteiger partial charge in [-0.15, -0.1) is 0 Å². The summed E-state index contributed by atoms with van der Waals surface area (Å²) in [6.45, 7) is 6.12. The molecule has 0 bridgehead atoms. The zero-order chi connectivity index (χ0) is 12.5. The van der Waals surface area contributed by atoms with Crippen LogP contribution in [0.5, 0.6) is 0 Å². The van der Waals surface area contributed by atoms with E-state index >= 15 is 0 Å². The van der Waals surface area contributed by atoms with Crippen LogP contribution in [0, 0.1) is 0 Å². The van der Waals surface area contributed by atoms with Crippen LogP contribution in [-0.2, 0) is 9.47 Å². The highest BCUT2D eigenvalue weighted by Crippen LogP contribution is 2.23. The molecule has 0 aliphatic carbocycles. The highest BCUT2D eigenvalue weighted by atomic mass is 16.7. The molecule has 2 aliphatic rings. The highest BCUT2D eigenvalue weighted by molar-refractivity contribution is 5.65. The number of nitrogens with one attached hydrogen (secondary N) is 1. The van der Waals surface area contributed by atoms with Gasteiger partial charge >= 0.3 is 6.09 Å². The van der Waals surface area contributed by atoms with Crippen molar-refractivity contribution >= 4 is 6.09 Å². The van der Waals surface area contributed by atoms with Crippen LogP contribution in [-0.4, -0.2) is 60.3 Å². The first kappa shape index (κ1) is 12.6. The Hall–Kier alpha value is -0.850. The number of hydrogen-bond donors (Lipinski definition) is 2. The van der Waals surface area contributed by atoms with Gasteiger partial charge in [0.25, 0.3) is 0 Å². The van der Waals surface area contributed by atoms with Crippen LogP contribution < -0.4 is 5.32 Å². The molecule has 2 rings (SSSR count). The molecule has 2 atom stereocenters. The van der Waals surface area contributed by atoms with Crippen molar-refractivity contribution in [2.24, 2.45) is 0 Å². The quantitative estimate of drug-likeness (QED) is 0.755. The van der Waals surface area contributed by atoms with Crippen molar-refractivity contribution in [3.8, 4) is 0 Å². The largest absolute Gasteiger partial charge is 0.465 e. The van der Waals surface area contributed by atoms with E-state index in [1.807, 2.05) is 13.8 Å². The molecule has 6 nitrogen and oxygen atoms in total. The molecule has 2 unspecified atom stereocenters. The normalized spacial score (nSPS) is 31.6. The number of rotatable bonds is 3. The lowest BCUT2D eigenvalue weighted by Gasteiger charge is -2.28. The molecule has 1 amide bonds. The Kier molecular flexibility index (Phi) is 3.56. The Morgan fingerprint density at radius 3 is 2.82 bits per heavy atom. The van der Waals surface area contributed by atoms with Crippen LogP contribution >= 0.6 is 0 Å². The molecule has 2 saturated heterocycles. The van der Waals surface area contributed by atoms with Crippen LogP contribution in [0.4, 0.5) is 4.79 Å². The molecule has 17 heavy (non-hydrogen) atoms. The average molecular weight is 244 g/mol. The predicted octanol–water partition coefficient (Wildman–Crippen LogP) is 0.480. The van der Waals surface area contributed by atoms with E-state index in [2.05, 4.69) is 5.32 Å². The topological polar surface area (TPSA) is 71.0 Å². The number of carbonyl (C=O) groups is 1. The van der Waals surface area contributed by atoms with Gasteiger partial charge in [0.05, 0.1) is 13.2 Å². The van der Waals surface area contributed by atoms with Crippen LogP contribution in [0.15, 0.2) is 0 Å². The summed E-state index contributed by atoms with van der Waals surface area (Å²) in [5, 5.41) is 12.4. The zero-order valence-electron chi connectivity index (χ0n) is 10.3. The summed E-state index contributed by atoms with van der Waals surface area (Å²) in [6, 6.07) is 0.0554. The third kappa shape index (κ3) is 3.08. The maximum absolute atomic E-state index is 11.2. The predicted molar refractivity (Wildman–Crippen MR) is 60.9 cm³/mol. The fraction of sp³-hybridized carbons (Fsp3) is 0.909. The van der Waals surface area contributed by atoms with Gasteiger partial charge in [0.1, 0.15) is 6.10 Å². The van der Waals surface area contributed by atoms with Crippen LogP contribution in [0.3, 0.4) is 0 Å². The summed E-state index contributed by atoms with van der Waals surface area (Å²) in [6.07, 6.45) is -0.183. The van der Waals surface area contributed by atoms with Gasteiger partial charge in [0, 0.05) is 12.6 Å². The lowest BCUT2D eigenvalue weighted by atomic mass is 10.2. The van der Waals surface area contributed by atoms with E-state index in [4.69, 9.17) is 9.47 Å². The maximum atomic E-state index is 11.2. The molecule has 0 radical (unpaired) electrons. The molecule has 0 aromatic carbocycles. The number of nitrogens with zero attached hydrogens (tertiary/aromatic N) is 1. The van der Waals surface area contributed by atoms with Crippen molar-refractivity contribution in [3.05, 3.63) is 0 Å². The molecule has 98 valence electrons. The average Bonchev–Trinajstić information content (AvgIpc) is 2.83. The van der Waals surface area contributed by atoms with Gasteiger partial charge < -0.3 is 24.8 Å². The minimum Gasteiger partial charge on any atom is -0.465 e. The second-order valence-corrected chi connectivity index (χ2v) is 5.03. The molecule has 0 aromatic rings. The molecule has 6 heteroatoms. The van der Waals surface area contributed by atoms with Crippen LogP contribution in [0.1, 0.15) is 20.3 Å². The molecule has 2 fully saturated rings. The summed E-state index contributed by atoms with van der Waals surface area (Å²) < 4.78 is 11.1. The molecule has 2 aliphatic heterocycles. The lowest BCUT2D eigenvalue weighted by molar-refractivity contribution is -0.140. The van der Waals surface area contributed by atoms with E-state index in [9.17, 15) is 9.90 Å². The molecule has 0 aromatic heterocycles. The number of amides is 1. The third-order valence-electron chi connectivity index (χ3n) is 3.19. The minimum atomic E-state index is -0.882. The summed E-state index contributed by atoms with van der Waals surface area (Å²) in [5.41, 5.74) is 0. The van der Waals surface area contributed by atoms with E-state index in [0.29, 0.717) is 13.2 Å². The molecule has 0 spiro atoms. The van der Waals surface area contributed by atoms with Crippen molar-refractivity contribution in [3.63, 3.8) is 0 Å². The van der Waals surface area contributed by atoms with Crippen molar-refractivity contribution in [1.29, 1.82) is 0 Å². The van der Waals surface area contributed by atoms with Crippen LogP contribution in [0.2, 0.25) is 0 Å². The van der Waals surface area contributed by atoms with E-state index in [1.54, 1.807) is 0 Å². The first-order valence-electron chi connectivity index (χ1n) is 6.00. The van der Waals surface area contributed by atoms with Crippen LogP contribution in [0.25, 0.3) is 0 Å². The van der Waals surface area contributed by atoms with E-state index in [1.165, 1.54) is 4.90 Å². The number of ether oxygens (including phenoxy) is 2. The van der Waals surface area contributed by atoms with Gasteiger partial charge in [-0.2, -0.15) is 0 Å². The Balaban J connectivity index is 1.92. The van der Waals surface area contributed by atoms with E-state index in [0.717, 1.165) is 19.5 Å². The second-order valence-electron chi connectivity index (χ2n) is 5.03. The Morgan fingerprint density at radius 2 is 2.35 bits per heavy atom. The Bertz CT molecular complexity index is 289. The SMILES string of the molecule is CC1(C)OCC(CN(C(=O)O)C2CCNC2)O1. The van der Waals surface area contributed by atoms with Crippen molar-refractivity contribution in [2.45, 2.75) is 38.2 Å². The van der Waals surface area contributed by atoms with Gasteiger partial charge in [0.15, 0.2) is 5.79 Å². The minimum absolute atomic E-state index is 0.0554. The first-order chi connectivity index (χ1) is 7.98. The van der Waals surface area contributed by atoms with E-state index in [-0.39, 0.29) is 12.1 Å². The zero-order valence-corrected chi connectivity index (χ0v) is 10.3. The maximum Gasteiger partial charge on any atom is 0.407 e. The molecule has 0 saturated carbocycles.